The summed E-state index contributed by atoms with van der Waals surface area (Å²) >= 11 is 12.2. The van der Waals surface area contributed by atoms with Crippen LogP contribution in [0, 0.1) is 0 Å². The number of halogens is 2. The van der Waals surface area contributed by atoms with Gasteiger partial charge in [-0.1, -0.05) is 23.2 Å². The van der Waals surface area contributed by atoms with Crippen molar-refractivity contribution in [2.24, 2.45) is 0 Å². The van der Waals surface area contributed by atoms with Crippen molar-refractivity contribution < 1.29 is 0 Å². The van der Waals surface area contributed by atoms with E-state index in [1.807, 2.05) is 36.4 Å². The Morgan fingerprint density at radius 3 is 1.50 bits per heavy atom. The van der Waals surface area contributed by atoms with Crippen molar-refractivity contribution in [3.63, 3.8) is 0 Å². The third-order valence-corrected chi connectivity index (χ3v) is 6.00. The average molecular weight is 413 g/mol. The van der Waals surface area contributed by atoms with Gasteiger partial charge in [0.15, 0.2) is 0 Å². The molecule has 2 aromatic heterocycles. The number of hydrogen-bond donors (Lipinski definition) is 2. The zero-order valence-electron chi connectivity index (χ0n) is 15.5. The number of benzene rings is 2. The summed E-state index contributed by atoms with van der Waals surface area (Å²) in [4.78, 5) is 12.0. The van der Waals surface area contributed by atoms with Crippen LogP contribution >= 0.6 is 23.2 Å². The number of nitrogens with one attached hydrogen (secondary N) is 2. The molecule has 4 nitrogen and oxygen atoms in total. The maximum Gasteiger partial charge on any atom is 0.0457 e. The highest BCUT2D eigenvalue weighted by atomic mass is 35.5. The van der Waals surface area contributed by atoms with Gasteiger partial charge in [-0.05, 0) is 48.5 Å². The molecule has 0 bridgehead atoms. The molecule has 6 heteroatoms. The molecule has 2 aromatic carbocycles. The molecule has 28 heavy (non-hydrogen) atoms. The van der Waals surface area contributed by atoms with E-state index in [-0.39, 0.29) is 0 Å². The predicted molar refractivity (Wildman–Crippen MR) is 117 cm³/mol. The minimum absolute atomic E-state index is 0.783. The number of fused-ring (bicyclic) bond motifs is 2. The van der Waals surface area contributed by atoms with E-state index >= 15 is 0 Å². The van der Waals surface area contributed by atoms with Crippen LogP contribution in [0.3, 0.4) is 0 Å². The molecule has 0 radical (unpaired) electrons. The topological polar surface area (TPSA) is 38.1 Å². The van der Waals surface area contributed by atoms with Gasteiger partial charge < -0.3 is 9.97 Å². The Kier molecular flexibility index (Phi) is 4.81. The molecule has 0 unspecified atom stereocenters. The summed E-state index contributed by atoms with van der Waals surface area (Å²) in [5, 5.41) is 3.93. The molecule has 1 saturated heterocycles. The summed E-state index contributed by atoms with van der Waals surface area (Å²) in [6.45, 7) is 6.19. The first kappa shape index (κ1) is 18.1. The van der Waals surface area contributed by atoms with Gasteiger partial charge in [0, 0.05) is 82.5 Å². The van der Waals surface area contributed by atoms with Gasteiger partial charge in [0.05, 0.1) is 0 Å². The monoisotopic (exact) mass is 412 g/mol. The first-order valence-corrected chi connectivity index (χ1v) is 10.4. The molecule has 5 rings (SSSR count). The Labute approximate surface area is 174 Å². The van der Waals surface area contributed by atoms with Gasteiger partial charge in [-0.15, -0.1) is 0 Å². The Morgan fingerprint density at radius 2 is 1.07 bits per heavy atom. The van der Waals surface area contributed by atoms with Gasteiger partial charge in [0.25, 0.3) is 0 Å². The SMILES string of the molecule is Clc1ccc2[nH]c(CN3CCN(Cc4cc5cc(Cl)ccc5[nH]4)CC3)cc2c1. The highest BCUT2D eigenvalue weighted by molar-refractivity contribution is 6.31. The first-order valence-electron chi connectivity index (χ1n) is 9.61. The molecule has 1 fully saturated rings. The van der Waals surface area contributed by atoms with E-state index in [0.717, 1.165) is 60.3 Å². The summed E-state index contributed by atoms with van der Waals surface area (Å²) in [5.41, 5.74) is 4.80. The Balaban J connectivity index is 1.19. The van der Waals surface area contributed by atoms with Gasteiger partial charge in [-0.3, -0.25) is 9.80 Å². The number of H-pyrrole nitrogens is 2. The van der Waals surface area contributed by atoms with E-state index in [1.165, 1.54) is 22.2 Å². The van der Waals surface area contributed by atoms with Crippen molar-refractivity contribution in [2.45, 2.75) is 13.1 Å². The standard InChI is InChI=1S/C22H22Cl2N4/c23-17-1-3-21-15(9-17)11-19(25-21)13-27-5-7-28(8-6-27)14-20-12-16-10-18(24)2-4-22(16)26-20/h1-4,9-12,25-26H,5-8,13-14H2. The molecule has 144 valence electrons. The van der Waals surface area contributed by atoms with Gasteiger partial charge >= 0.3 is 0 Å². The zero-order chi connectivity index (χ0) is 19.1. The summed E-state index contributed by atoms with van der Waals surface area (Å²) in [5.74, 6) is 0. The van der Waals surface area contributed by atoms with Crippen LogP contribution in [0.15, 0.2) is 48.5 Å². The Bertz CT molecular complexity index is 1030. The molecule has 1 aliphatic rings. The maximum atomic E-state index is 6.10. The molecule has 3 heterocycles. The normalized spacial score (nSPS) is 16.4. The lowest BCUT2D eigenvalue weighted by Gasteiger charge is -2.34. The number of piperazine rings is 1. The van der Waals surface area contributed by atoms with Crippen molar-refractivity contribution in [3.8, 4) is 0 Å². The minimum atomic E-state index is 0.783. The average Bonchev–Trinajstić information content (AvgIpc) is 3.25. The second kappa shape index (κ2) is 7.45. The molecule has 1 aliphatic heterocycles. The van der Waals surface area contributed by atoms with E-state index < -0.39 is 0 Å². The number of hydrogen-bond acceptors (Lipinski definition) is 2. The van der Waals surface area contributed by atoms with Crippen molar-refractivity contribution in [1.82, 2.24) is 19.8 Å². The van der Waals surface area contributed by atoms with Crippen molar-refractivity contribution in [3.05, 3.63) is 70.0 Å². The number of rotatable bonds is 4. The van der Waals surface area contributed by atoms with Gasteiger partial charge in [-0.25, -0.2) is 0 Å². The van der Waals surface area contributed by atoms with Crippen LogP contribution in [0.2, 0.25) is 10.0 Å². The summed E-state index contributed by atoms with van der Waals surface area (Å²) in [7, 11) is 0. The van der Waals surface area contributed by atoms with E-state index in [4.69, 9.17) is 23.2 Å². The van der Waals surface area contributed by atoms with Crippen LogP contribution in [0.25, 0.3) is 21.8 Å². The van der Waals surface area contributed by atoms with Gasteiger partial charge in [0.2, 0.25) is 0 Å². The maximum absolute atomic E-state index is 6.10. The van der Waals surface area contributed by atoms with Crippen LogP contribution < -0.4 is 0 Å². The smallest absolute Gasteiger partial charge is 0.0457 e. The zero-order valence-corrected chi connectivity index (χ0v) is 17.0. The van der Waals surface area contributed by atoms with Crippen molar-refractivity contribution >= 4 is 45.0 Å². The quantitative estimate of drug-likeness (QED) is 0.478. The van der Waals surface area contributed by atoms with Crippen LogP contribution in [0.5, 0.6) is 0 Å². The fourth-order valence-electron chi connectivity index (χ4n) is 4.08. The predicted octanol–water partition coefficient (Wildman–Crippen LogP) is 5.27. The van der Waals surface area contributed by atoms with E-state index in [2.05, 4.69) is 31.9 Å². The van der Waals surface area contributed by atoms with Crippen LogP contribution in [-0.4, -0.2) is 45.9 Å². The van der Waals surface area contributed by atoms with Gasteiger partial charge in [0.1, 0.15) is 0 Å². The fourth-order valence-corrected chi connectivity index (χ4v) is 4.45. The van der Waals surface area contributed by atoms with E-state index in [9.17, 15) is 0 Å². The molecule has 0 saturated carbocycles. The number of aromatic nitrogens is 2. The lowest BCUT2D eigenvalue weighted by Crippen LogP contribution is -2.45. The second-order valence-corrected chi connectivity index (χ2v) is 8.48. The van der Waals surface area contributed by atoms with E-state index in [0.29, 0.717) is 0 Å². The molecule has 0 atom stereocenters. The second-order valence-electron chi connectivity index (χ2n) is 7.60. The Morgan fingerprint density at radius 1 is 0.643 bits per heavy atom. The largest absolute Gasteiger partial charge is 0.357 e. The van der Waals surface area contributed by atoms with Crippen molar-refractivity contribution in [1.29, 1.82) is 0 Å². The van der Waals surface area contributed by atoms with Gasteiger partial charge in [-0.2, -0.15) is 0 Å². The summed E-state index contributed by atoms with van der Waals surface area (Å²) in [6.07, 6.45) is 0. The van der Waals surface area contributed by atoms with Crippen LogP contribution in [0.1, 0.15) is 11.4 Å². The van der Waals surface area contributed by atoms with Crippen LogP contribution in [-0.2, 0) is 13.1 Å². The van der Waals surface area contributed by atoms with Crippen LogP contribution in [0.4, 0.5) is 0 Å². The lowest BCUT2D eigenvalue weighted by molar-refractivity contribution is 0.120. The van der Waals surface area contributed by atoms with Crippen molar-refractivity contribution in [2.75, 3.05) is 26.2 Å². The summed E-state index contributed by atoms with van der Waals surface area (Å²) in [6, 6.07) is 16.4. The molecule has 0 spiro atoms. The molecule has 4 aromatic rings. The number of aromatic amines is 2. The van der Waals surface area contributed by atoms with E-state index in [1.54, 1.807) is 0 Å². The third-order valence-electron chi connectivity index (χ3n) is 5.53. The molecule has 0 aliphatic carbocycles. The Hall–Kier alpha value is -1.98. The minimum Gasteiger partial charge on any atom is -0.357 e. The summed E-state index contributed by atoms with van der Waals surface area (Å²) < 4.78 is 0. The first-order chi connectivity index (χ1) is 13.6. The molecular formula is C22H22Cl2N4. The lowest BCUT2D eigenvalue weighted by atomic mass is 10.2. The molecular weight excluding hydrogens is 391 g/mol. The highest BCUT2D eigenvalue weighted by Gasteiger charge is 2.18. The number of nitrogens with zero attached hydrogens (tertiary/aromatic N) is 2. The molecule has 2 N–H and O–H groups in total. The molecule has 0 amide bonds. The highest BCUT2D eigenvalue weighted by Crippen LogP contribution is 2.23. The third kappa shape index (κ3) is 3.78. The fraction of sp³-hybridized carbons (Fsp3) is 0.273.